The molecule has 0 bridgehead atoms. The van der Waals surface area contributed by atoms with E-state index in [9.17, 15) is 9.59 Å². The molecule has 0 aliphatic heterocycles. The maximum absolute atomic E-state index is 11.3. The number of rotatable bonds is 18. The van der Waals surface area contributed by atoms with E-state index in [-0.39, 0.29) is 5.91 Å². The third-order valence-corrected chi connectivity index (χ3v) is 3.21. The number of hydrogen-bond donors (Lipinski definition) is 1. The van der Waals surface area contributed by atoms with Crippen LogP contribution in [0.25, 0.3) is 0 Å². The molecule has 0 aromatic rings. The molecule has 23 heavy (non-hydrogen) atoms. The van der Waals surface area contributed by atoms with Crippen molar-refractivity contribution in [3.05, 3.63) is 0 Å². The van der Waals surface area contributed by atoms with Gasteiger partial charge < -0.3 is 29.1 Å². The fourth-order valence-corrected chi connectivity index (χ4v) is 1.83. The zero-order valence-electron chi connectivity index (χ0n) is 13.9. The van der Waals surface area contributed by atoms with Gasteiger partial charge >= 0.3 is 0 Å². The van der Waals surface area contributed by atoms with E-state index in [1.807, 2.05) is 6.26 Å². The number of ether oxygens (including phenoxy) is 4. The van der Waals surface area contributed by atoms with Gasteiger partial charge in [0.05, 0.1) is 52.9 Å². The minimum absolute atomic E-state index is 0.0616. The van der Waals surface area contributed by atoms with Gasteiger partial charge in [-0.2, -0.15) is 11.8 Å². The summed E-state index contributed by atoms with van der Waals surface area (Å²) in [6, 6.07) is 0. The minimum atomic E-state index is 0.0616. The molecule has 0 spiro atoms. The Labute approximate surface area is 142 Å². The Kier molecular flexibility index (Phi) is 18.8. The van der Waals surface area contributed by atoms with Crippen molar-refractivity contribution in [3.63, 3.8) is 0 Å². The first-order valence-electron chi connectivity index (χ1n) is 7.81. The van der Waals surface area contributed by atoms with Gasteiger partial charge in [0.1, 0.15) is 6.29 Å². The summed E-state index contributed by atoms with van der Waals surface area (Å²) < 4.78 is 21.1. The molecule has 0 fully saturated rings. The highest BCUT2D eigenvalue weighted by molar-refractivity contribution is 7.98. The van der Waals surface area contributed by atoms with Gasteiger partial charge in [-0.1, -0.05) is 0 Å². The van der Waals surface area contributed by atoms with Crippen LogP contribution in [0, 0.1) is 0 Å². The van der Waals surface area contributed by atoms with Gasteiger partial charge in [-0.25, -0.2) is 0 Å². The fourth-order valence-electron chi connectivity index (χ4n) is 1.44. The Bertz CT molecular complexity index is 281. The van der Waals surface area contributed by atoms with Crippen molar-refractivity contribution in [2.75, 3.05) is 71.4 Å². The van der Waals surface area contributed by atoms with E-state index < -0.39 is 0 Å². The average molecular weight is 351 g/mol. The Hall–Kier alpha value is -0.670. The zero-order chi connectivity index (χ0) is 17.0. The zero-order valence-corrected chi connectivity index (χ0v) is 14.7. The second kappa shape index (κ2) is 19.4. The van der Waals surface area contributed by atoms with Crippen molar-refractivity contribution in [3.8, 4) is 0 Å². The lowest BCUT2D eigenvalue weighted by molar-refractivity contribution is -0.121. The molecule has 0 heterocycles. The van der Waals surface area contributed by atoms with E-state index in [1.165, 1.54) is 0 Å². The van der Waals surface area contributed by atoms with Gasteiger partial charge in [0, 0.05) is 25.1 Å². The first-order chi connectivity index (χ1) is 11.3. The Morgan fingerprint density at radius 2 is 1.43 bits per heavy atom. The summed E-state index contributed by atoms with van der Waals surface area (Å²) >= 11 is 1.66. The average Bonchev–Trinajstić information content (AvgIpc) is 2.56. The molecular weight excluding hydrogens is 322 g/mol. The van der Waals surface area contributed by atoms with Crippen molar-refractivity contribution < 1.29 is 28.5 Å². The predicted molar refractivity (Wildman–Crippen MR) is 90.0 cm³/mol. The lowest BCUT2D eigenvalue weighted by Gasteiger charge is -2.08. The van der Waals surface area contributed by atoms with Crippen LogP contribution >= 0.6 is 11.8 Å². The molecule has 1 amide bonds. The SMILES string of the molecule is CSCCC(=O)NCCOCCOCCOCCOCCC=O. The van der Waals surface area contributed by atoms with Crippen molar-refractivity contribution in [2.45, 2.75) is 12.8 Å². The van der Waals surface area contributed by atoms with E-state index in [4.69, 9.17) is 18.9 Å². The summed E-state index contributed by atoms with van der Waals surface area (Å²) in [4.78, 5) is 21.3. The number of hydrogen-bond acceptors (Lipinski definition) is 7. The Morgan fingerprint density at radius 1 is 0.913 bits per heavy atom. The van der Waals surface area contributed by atoms with Gasteiger partial charge in [-0.15, -0.1) is 0 Å². The summed E-state index contributed by atoms with van der Waals surface area (Å²) in [6.45, 7) is 4.44. The topological polar surface area (TPSA) is 83.1 Å². The maximum Gasteiger partial charge on any atom is 0.220 e. The third-order valence-electron chi connectivity index (χ3n) is 2.60. The van der Waals surface area contributed by atoms with Crippen LogP contribution in [0.1, 0.15) is 12.8 Å². The molecule has 0 saturated carbocycles. The summed E-state index contributed by atoms with van der Waals surface area (Å²) in [5, 5.41) is 2.79. The number of amides is 1. The predicted octanol–water partition coefficient (Wildman–Crippen LogP) is 0.511. The van der Waals surface area contributed by atoms with E-state index in [1.54, 1.807) is 11.8 Å². The lowest BCUT2D eigenvalue weighted by atomic mass is 10.4. The molecule has 0 unspecified atom stereocenters. The van der Waals surface area contributed by atoms with E-state index in [0.717, 1.165) is 12.0 Å². The quantitative estimate of drug-likeness (QED) is 0.285. The van der Waals surface area contributed by atoms with Gasteiger partial charge in [0.2, 0.25) is 5.91 Å². The van der Waals surface area contributed by atoms with Gasteiger partial charge in [0.25, 0.3) is 0 Å². The molecule has 7 nitrogen and oxygen atoms in total. The number of carbonyl (C=O) groups is 2. The number of thioether (sulfide) groups is 1. The standard InChI is InChI=1S/C15H29NO6S/c1-23-14-3-15(18)16-4-7-20-9-11-22-13-12-21-10-8-19-6-2-5-17/h5H,2-4,6-14H2,1H3,(H,16,18). The monoisotopic (exact) mass is 351 g/mol. The van der Waals surface area contributed by atoms with Gasteiger partial charge in [-0.05, 0) is 6.26 Å². The molecule has 136 valence electrons. The van der Waals surface area contributed by atoms with Crippen LogP contribution in [0.4, 0.5) is 0 Å². The van der Waals surface area contributed by atoms with E-state index in [2.05, 4.69) is 5.32 Å². The largest absolute Gasteiger partial charge is 0.379 e. The lowest BCUT2D eigenvalue weighted by Crippen LogP contribution is -2.27. The molecule has 0 aromatic heterocycles. The van der Waals surface area contributed by atoms with Crippen molar-refractivity contribution in [1.29, 1.82) is 0 Å². The highest BCUT2D eigenvalue weighted by Crippen LogP contribution is 1.94. The molecule has 0 radical (unpaired) electrons. The minimum Gasteiger partial charge on any atom is -0.379 e. The molecule has 0 atom stereocenters. The van der Waals surface area contributed by atoms with Crippen LogP contribution in [0.15, 0.2) is 0 Å². The molecule has 0 aromatic carbocycles. The fraction of sp³-hybridized carbons (Fsp3) is 0.867. The van der Waals surface area contributed by atoms with Gasteiger partial charge in [0.15, 0.2) is 0 Å². The van der Waals surface area contributed by atoms with E-state index >= 15 is 0 Å². The molecule has 1 N–H and O–H groups in total. The molecule has 8 heteroatoms. The second-order valence-corrected chi connectivity index (χ2v) is 5.48. The number of aldehydes is 1. The van der Waals surface area contributed by atoms with Crippen molar-refractivity contribution in [2.24, 2.45) is 0 Å². The first kappa shape index (κ1) is 22.3. The summed E-state index contributed by atoms with van der Waals surface area (Å²) in [5.41, 5.74) is 0. The number of carbonyl (C=O) groups excluding carboxylic acids is 2. The van der Waals surface area contributed by atoms with Gasteiger partial charge in [-0.3, -0.25) is 4.79 Å². The van der Waals surface area contributed by atoms with Crippen LogP contribution in [0.2, 0.25) is 0 Å². The van der Waals surface area contributed by atoms with Crippen LogP contribution in [0.3, 0.4) is 0 Å². The normalized spacial score (nSPS) is 10.7. The first-order valence-corrected chi connectivity index (χ1v) is 9.21. The molecular formula is C15H29NO6S. The Balaban J connectivity index is 3.05. The second-order valence-electron chi connectivity index (χ2n) is 4.50. The number of nitrogens with one attached hydrogen (secondary N) is 1. The van der Waals surface area contributed by atoms with Crippen LogP contribution in [-0.2, 0) is 28.5 Å². The molecule has 0 rings (SSSR count). The van der Waals surface area contributed by atoms with E-state index in [0.29, 0.717) is 72.2 Å². The van der Waals surface area contributed by atoms with Crippen LogP contribution in [0.5, 0.6) is 0 Å². The highest BCUT2D eigenvalue weighted by atomic mass is 32.2. The van der Waals surface area contributed by atoms with Crippen molar-refractivity contribution >= 4 is 24.0 Å². The summed E-state index contributed by atoms with van der Waals surface area (Å²) in [7, 11) is 0. The Morgan fingerprint density at radius 3 is 1.96 bits per heavy atom. The smallest absolute Gasteiger partial charge is 0.220 e. The molecule has 0 saturated heterocycles. The summed E-state index contributed by atoms with van der Waals surface area (Å²) in [6.07, 6.45) is 3.78. The van der Waals surface area contributed by atoms with Crippen LogP contribution in [-0.4, -0.2) is 83.6 Å². The molecule has 0 aliphatic carbocycles. The third kappa shape index (κ3) is 19.3. The highest BCUT2D eigenvalue weighted by Gasteiger charge is 1.99. The maximum atomic E-state index is 11.3. The summed E-state index contributed by atoms with van der Waals surface area (Å²) in [5.74, 6) is 0.902. The van der Waals surface area contributed by atoms with Crippen LogP contribution < -0.4 is 5.32 Å². The molecule has 0 aliphatic rings. The van der Waals surface area contributed by atoms with Crippen molar-refractivity contribution in [1.82, 2.24) is 5.32 Å².